The fourth-order valence-corrected chi connectivity index (χ4v) is 1.27. The van der Waals surface area contributed by atoms with Crippen molar-refractivity contribution in [2.24, 2.45) is 5.41 Å². The van der Waals surface area contributed by atoms with E-state index in [1.54, 1.807) is 0 Å². The lowest BCUT2D eigenvalue weighted by Gasteiger charge is -2.22. The van der Waals surface area contributed by atoms with Crippen LogP contribution in [0.1, 0.15) is 26.3 Å². The quantitative estimate of drug-likeness (QED) is 0.789. The first kappa shape index (κ1) is 13.7. The summed E-state index contributed by atoms with van der Waals surface area (Å²) in [6, 6.07) is 0. The molecule has 17 heavy (non-hydrogen) atoms. The second-order valence-corrected chi connectivity index (χ2v) is 4.76. The minimum Gasteiger partial charge on any atom is -0.478 e. The van der Waals surface area contributed by atoms with Gasteiger partial charge in [-0.2, -0.15) is 0 Å². The van der Waals surface area contributed by atoms with Gasteiger partial charge in [-0.1, -0.05) is 13.8 Å². The summed E-state index contributed by atoms with van der Waals surface area (Å²) in [6.07, 6.45) is 1.48. The third-order valence-corrected chi connectivity index (χ3v) is 2.48. The smallest absolute Gasteiger partial charge is 0.221 e. The number of rotatable bonds is 6. The van der Waals surface area contributed by atoms with E-state index in [9.17, 15) is 5.11 Å². The molecular formula is C12H21N3O2. The number of aliphatic hydroxyl groups excluding tert-OH is 1. The second-order valence-electron chi connectivity index (χ2n) is 4.76. The van der Waals surface area contributed by atoms with Crippen molar-refractivity contribution < 1.29 is 9.84 Å². The highest BCUT2D eigenvalue weighted by molar-refractivity contribution is 5.47. The van der Waals surface area contributed by atoms with E-state index in [1.807, 2.05) is 27.7 Å². The number of hydrogen-bond donors (Lipinski definition) is 2. The van der Waals surface area contributed by atoms with Crippen LogP contribution in [-0.4, -0.2) is 34.8 Å². The first-order valence-corrected chi connectivity index (χ1v) is 5.79. The maximum atomic E-state index is 9.18. The molecule has 1 rings (SSSR count). The number of anilines is 1. The lowest BCUT2D eigenvalue weighted by molar-refractivity contribution is 0.170. The molecule has 0 radical (unpaired) electrons. The van der Waals surface area contributed by atoms with Crippen LogP contribution in [0.4, 0.5) is 5.82 Å². The van der Waals surface area contributed by atoms with Crippen LogP contribution < -0.4 is 10.1 Å². The monoisotopic (exact) mass is 239 g/mol. The van der Waals surface area contributed by atoms with E-state index >= 15 is 0 Å². The molecule has 0 atom stereocenters. The van der Waals surface area contributed by atoms with Crippen molar-refractivity contribution in [3.63, 3.8) is 0 Å². The summed E-state index contributed by atoms with van der Waals surface area (Å²) in [5, 5.41) is 12.4. The zero-order valence-electron chi connectivity index (χ0n) is 10.9. The fraction of sp³-hybridized carbons (Fsp3) is 0.667. The highest BCUT2D eigenvalue weighted by Gasteiger charge is 2.17. The number of nitrogens with one attached hydrogen (secondary N) is 1. The number of nitrogens with zero attached hydrogens (tertiary/aromatic N) is 2. The molecule has 0 saturated carbocycles. The summed E-state index contributed by atoms with van der Waals surface area (Å²) in [6.45, 7) is 9.16. The second kappa shape index (κ2) is 5.82. The lowest BCUT2D eigenvalue weighted by atomic mass is 9.95. The molecule has 0 aliphatic heterocycles. The third kappa shape index (κ3) is 3.85. The molecule has 0 amide bonds. The van der Waals surface area contributed by atoms with Gasteiger partial charge in [-0.25, -0.2) is 9.97 Å². The van der Waals surface area contributed by atoms with Crippen LogP contribution in [0.15, 0.2) is 6.33 Å². The van der Waals surface area contributed by atoms with Crippen molar-refractivity contribution in [1.29, 1.82) is 0 Å². The van der Waals surface area contributed by atoms with Gasteiger partial charge < -0.3 is 15.2 Å². The normalized spacial score (nSPS) is 11.4. The van der Waals surface area contributed by atoms with E-state index in [-0.39, 0.29) is 12.0 Å². The van der Waals surface area contributed by atoms with Gasteiger partial charge in [0.2, 0.25) is 5.88 Å². The van der Waals surface area contributed by atoms with Gasteiger partial charge >= 0.3 is 0 Å². The average Bonchev–Trinajstić information content (AvgIpc) is 2.31. The molecule has 0 aliphatic carbocycles. The van der Waals surface area contributed by atoms with Crippen LogP contribution in [0, 0.1) is 12.3 Å². The molecule has 5 nitrogen and oxygen atoms in total. The SMILES string of the molecule is CCOc1ncnc(NCC(C)(C)CO)c1C. The standard InChI is InChI=1S/C12H21N3O2/c1-5-17-11-9(2)10(14-8-15-11)13-6-12(3,4)7-16/h8,16H,5-7H2,1-4H3,(H,13,14,15). The Morgan fingerprint density at radius 1 is 1.41 bits per heavy atom. The van der Waals surface area contributed by atoms with E-state index in [0.717, 1.165) is 11.4 Å². The summed E-state index contributed by atoms with van der Waals surface area (Å²) < 4.78 is 5.40. The van der Waals surface area contributed by atoms with Gasteiger partial charge in [0.05, 0.1) is 12.2 Å². The number of aromatic nitrogens is 2. The van der Waals surface area contributed by atoms with Gasteiger partial charge in [0.15, 0.2) is 0 Å². The summed E-state index contributed by atoms with van der Waals surface area (Å²) >= 11 is 0. The predicted molar refractivity (Wildman–Crippen MR) is 67.3 cm³/mol. The molecule has 0 bridgehead atoms. The maximum absolute atomic E-state index is 9.18. The van der Waals surface area contributed by atoms with Crippen molar-refractivity contribution in [3.8, 4) is 5.88 Å². The van der Waals surface area contributed by atoms with E-state index in [4.69, 9.17) is 4.74 Å². The zero-order valence-corrected chi connectivity index (χ0v) is 10.9. The number of ether oxygens (including phenoxy) is 1. The van der Waals surface area contributed by atoms with Crippen molar-refractivity contribution >= 4 is 5.82 Å². The van der Waals surface area contributed by atoms with Crippen LogP contribution >= 0.6 is 0 Å². The lowest BCUT2D eigenvalue weighted by Crippen LogP contribution is -2.27. The van der Waals surface area contributed by atoms with Crippen molar-refractivity contribution in [1.82, 2.24) is 9.97 Å². The molecular weight excluding hydrogens is 218 g/mol. The Morgan fingerprint density at radius 2 is 2.12 bits per heavy atom. The Kier molecular flexibility index (Phi) is 4.69. The van der Waals surface area contributed by atoms with Gasteiger partial charge in [-0.3, -0.25) is 0 Å². The minimum atomic E-state index is -0.177. The molecule has 96 valence electrons. The summed E-state index contributed by atoms with van der Waals surface area (Å²) in [4.78, 5) is 8.25. The average molecular weight is 239 g/mol. The Morgan fingerprint density at radius 3 is 2.71 bits per heavy atom. The third-order valence-electron chi connectivity index (χ3n) is 2.48. The Labute approximate surface area is 102 Å². The van der Waals surface area contributed by atoms with Gasteiger partial charge in [0, 0.05) is 18.6 Å². The molecule has 0 fully saturated rings. The predicted octanol–water partition coefficient (Wildman–Crippen LogP) is 1.61. The molecule has 5 heteroatoms. The maximum Gasteiger partial charge on any atom is 0.221 e. The highest BCUT2D eigenvalue weighted by atomic mass is 16.5. The molecule has 0 unspecified atom stereocenters. The first-order valence-electron chi connectivity index (χ1n) is 5.79. The Bertz CT molecular complexity index is 367. The van der Waals surface area contributed by atoms with E-state index in [0.29, 0.717) is 19.0 Å². The van der Waals surface area contributed by atoms with E-state index < -0.39 is 0 Å². The summed E-state index contributed by atoms with van der Waals surface area (Å²) in [5.74, 6) is 1.36. The van der Waals surface area contributed by atoms with Crippen LogP contribution in [0.5, 0.6) is 5.88 Å². The molecule has 1 aromatic rings. The van der Waals surface area contributed by atoms with E-state index in [2.05, 4.69) is 15.3 Å². The van der Waals surface area contributed by atoms with Gasteiger partial charge in [0.1, 0.15) is 12.1 Å². The van der Waals surface area contributed by atoms with Crippen molar-refractivity contribution in [2.45, 2.75) is 27.7 Å². The Hall–Kier alpha value is -1.36. The van der Waals surface area contributed by atoms with E-state index in [1.165, 1.54) is 6.33 Å². The number of hydrogen-bond acceptors (Lipinski definition) is 5. The first-order chi connectivity index (χ1) is 8.00. The highest BCUT2D eigenvalue weighted by Crippen LogP contribution is 2.22. The van der Waals surface area contributed by atoms with Gasteiger partial charge in [-0.15, -0.1) is 0 Å². The van der Waals surface area contributed by atoms with Gasteiger partial charge in [-0.05, 0) is 13.8 Å². The summed E-state index contributed by atoms with van der Waals surface area (Å²) in [5.41, 5.74) is 0.714. The molecule has 0 aliphatic rings. The minimum absolute atomic E-state index is 0.127. The Balaban J connectivity index is 2.75. The van der Waals surface area contributed by atoms with Crippen LogP contribution in [0.25, 0.3) is 0 Å². The fourth-order valence-electron chi connectivity index (χ4n) is 1.27. The largest absolute Gasteiger partial charge is 0.478 e. The molecule has 1 aromatic heterocycles. The molecule has 1 heterocycles. The van der Waals surface area contributed by atoms with Crippen molar-refractivity contribution in [3.05, 3.63) is 11.9 Å². The zero-order chi connectivity index (χ0) is 12.9. The van der Waals surface area contributed by atoms with Crippen LogP contribution in [-0.2, 0) is 0 Å². The molecule has 0 aromatic carbocycles. The molecule has 0 spiro atoms. The molecule has 2 N–H and O–H groups in total. The topological polar surface area (TPSA) is 67.3 Å². The summed E-state index contributed by atoms with van der Waals surface area (Å²) in [7, 11) is 0. The van der Waals surface area contributed by atoms with Crippen molar-refractivity contribution in [2.75, 3.05) is 25.1 Å². The number of aliphatic hydroxyl groups is 1. The van der Waals surface area contributed by atoms with Crippen LogP contribution in [0.2, 0.25) is 0 Å². The van der Waals surface area contributed by atoms with Gasteiger partial charge in [0.25, 0.3) is 0 Å². The van der Waals surface area contributed by atoms with Crippen LogP contribution in [0.3, 0.4) is 0 Å². The molecule has 0 saturated heterocycles.